The second-order valence-corrected chi connectivity index (χ2v) is 2.45. The summed E-state index contributed by atoms with van der Waals surface area (Å²) in [6, 6.07) is 0. The number of carbonyl (C=O) groups excluding carboxylic acids is 2. The quantitative estimate of drug-likeness (QED) is 0.567. The highest BCUT2D eigenvalue weighted by Crippen LogP contribution is 2.27. The van der Waals surface area contributed by atoms with Crippen molar-refractivity contribution in [3.8, 4) is 0 Å². The molecule has 0 saturated heterocycles. The molecule has 7 heteroatoms. The molecule has 0 aromatic carbocycles. The number of nitrogens with one attached hydrogen (secondary N) is 1. The molecular formula is C8H3F4NO2. The summed E-state index contributed by atoms with van der Waals surface area (Å²) in [5, 5.41) is 1.50. The first-order chi connectivity index (χ1) is 7.02. The summed E-state index contributed by atoms with van der Waals surface area (Å²) in [5.74, 6) is -6.13. The van der Waals surface area contributed by atoms with Crippen LogP contribution in [0.15, 0.2) is 35.5 Å². The second-order valence-electron chi connectivity index (χ2n) is 2.45. The Hall–Kier alpha value is -1.92. The van der Waals surface area contributed by atoms with Crippen molar-refractivity contribution in [2.24, 2.45) is 0 Å². The summed E-state index contributed by atoms with van der Waals surface area (Å²) in [4.78, 5) is 21.7. The summed E-state index contributed by atoms with van der Waals surface area (Å²) in [7, 11) is 0. The van der Waals surface area contributed by atoms with Gasteiger partial charge in [0, 0.05) is 0 Å². The van der Waals surface area contributed by atoms with Gasteiger partial charge in [0.25, 0.3) is 11.8 Å². The van der Waals surface area contributed by atoms with Crippen LogP contribution in [-0.4, -0.2) is 11.8 Å². The Morgan fingerprint density at radius 3 is 1.53 bits per heavy atom. The van der Waals surface area contributed by atoms with Gasteiger partial charge in [-0.15, -0.1) is 0 Å². The summed E-state index contributed by atoms with van der Waals surface area (Å²) in [6.07, 6.45) is -1.25. The molecule has 1 rings (SSSR count). The largest absolute Gasteiger partial charge is 0.288 e. The lowest BCUT2D eigenvalue weighted by molar-refractivity contribution is -0.124. The van der Waals surface area contributed by atoms with Gasteiger partial charge in [-0.1, -0.05) is 0 Å². The molecule has 0 bridgehead atoms. The standard InChI is InChI=1S/C8H3F4NO2/c9-1-3(11)5-6(4(12)2-10)8(15)13-7(5)14/h1-2H,(H,13,14,15)/b3-1-,4-2-. The zero-order valence-electron chi connectivity index (χ0n) is 6.98. The average Bonchev–Trinajstić information content (AvgIpc) is 2.51. The van der Waals surface area contributed by atoms with E-state index in [0.29, 0.717) is 0 Å². The number of carbonyl (C=O) groups is 2. The van der Waals surface area contributed by atoms with Crippen LogP contribution in [0.25, 0.3) is 0 Å². The lowest BCUT2D eigenvalue weighted by Crippen LogP contribution is -2.23. The third kappa shape index (κ3) is 1.80. The Kier molecular flexibility index (Phi) is 3.03. The van der Waals surface area contributed by atoms with E-state index in [2.05, 4.69) is 0 Å². The average molecular weight is 221 g/mol. The third-order valence-corrected chi connectivity index (χ3v) is 1.60. The Labute approximate surface area is 80.8 Å². The molecule has 1 aliphatic heterocycles. The molecule has 0 atom stereocenters. The zero-order valence-corrected chi connectivity index (χ0v) is 6.98. The third-order valence-electron chi connectivity index (χ3n) is 1.60. The maximum Gasteiger partial charge on any atom is 0.262 e. The van der Waals surface area contributed by atoms with Crippen LogP contribution in [0.3, 0.4) is 0 Å². The van der Waals surface area contributed by atoms with Crippen LogP contribution < -0.4 is 5.32 Å². The minimum atomic E-state index is -1.75. The molecule has 0 radical (unpaired) electrons. The van der Waals surface area contributed by atoms with Gasteiger partial charge in [0.2, 0.25) is 0 Å². The van der Waals surface area contributed by atoms with E-state index >= 15 is 0 Å². The predicted molar refractivity (Wildman–Crippen MR) is 40.8 cm³/mol. The van der Waals surface area contributed by atoms with Crippen LogP contribution in [0.1, 0.15) is 0 Å². The van der Waals surface area contributed by atoms with E-state index in [-0.39, 0.29) is 0 Å². The SMILES string of the molecule is O=C1NC(=O)C(C(/F)=C/F)=C1/C(F)=C/F. The Morgan fingerprint density at radius 2 is 1.27 bits per heavy atom. The fourth-order valence-corrected chi connectivity index (χ4v) is 1.02. The van der Waals surface area contributed by atoms with E-state index in [9.17, 15) is 27.2 Å². The van der Waals surface area contributed by atoms with Gasteiger partial charge in [-0.05, 0) is 0 Å². The normalized spacial score (nSPS) is 18.7. The fraction of sp³-hybridized carbons (Fsp3) is 0. The first-order valence-electron chi connectivity index (χ1n) is 3.55. The van der Waals surface area contributed by atoms with Gasteiger partial charge in [-0.25, -0.2) is 17.6 Å². The predicted octanol–water partition coefficient (Wildman–Crippen LogP) is 1.50. The Morgan fingerprint density at radius 1 is 0.933 bits per heavy atom. The van der Waals surface area contributed by atoms with Crippen molar-refractivity contribution in [1.29, 1.82) is 0 Å². The minimum absolute atomic E-state index is 0.626. The molecule has 80 valence electrons. The maximum atomic E-state index is 12.7. The topological polar surface area (TPSA) is 46.2 Å². The van der Waals surface area contributed by atoms with Crippen molar-refractivity contribution >= 4 is 11.8 Å². The van der Waals surface area contributed by atoms with Crippen LogP contribution in [0, 0.1) is 0 Å². The van der Waals surface area contributed by atoms with Crippen molar-refractivity contribution < 1.29 is 27.2 Å². The molecule has 2 amide bonds. The van der Waals surface area contributed by atoms with Gasteiger partial charge in [-0.3, -0.25) is 14.9 Å². The Bertz CT molecular complexity index is 384. The van der Waals surface area contributed by atoms with Gasteiger partial charge < -0.3 is 0 Å². The van der Waals surface area contributed by atoms with Gasteiger partial charge >= 0.3 is 0 Å². The van der Waals surface area contributed by atoms with Crippen molar-refractivity contribution in [1.82, 2.24) is 5.32 Å². The molecule has 0 saturated carbocycles. The van der Waals surface area contributed by atoms with Crippen LogP contribution in [-0.2, 0) is 9.59 Å². The summed E-state index contributed by atoms with van der Waals surface area (Å²) < 4.78 is 49.0. The number of halogens is 4. The molecule has 1 heterocycles. The first kappa shape index (κ1) is 11.2. The molecule has 0 spiro atoms. The van der Waals surface area contributed by atoms with Crippen molar-refractivity contribution in [2.75, 3.05) is 0 Å². The molecule has 0 fully saturated rings. The number of imide groups is 1. The highest BCUT2D eigenvalue weighted by atomic mass is 19.2. The second kappa shape index (κ2) is 4.07. The monoisotopic (exact) mass is 221 g/mol. The molecule has 0 aromatic rings. The first-order valence-corrected chi connectivity index (χ1v) is 3.55. The highest BCUT2D eigenvalue weighted by Gasteiger charge is 2.35. The van der Waals surface area contributed by atoms with E-state index in [1.54, 1.807) is 0 Å². The van der Waals surface area contributed by atoms with Gasteiger partial charge in [0.05, 0.1) is 11.1 Å². The van der Waals surface area contributed by atoms with E-state index in [4.69, 9.17) is 0 Å². The zero-order chi connectivity index (χ0) is 11.6. The van der Waals surface area contributed by atoms with Gasteiger partial charge in [-0.2, -0.15) is 0 Å². The lowest BCUT2D eigenvalue weighted by atomic mass is 10.1. The minimum Gasteiger partial charge on any atom is -0.288 e. The number of hydrogen-bond acceptors (Lipinski definition) is 2. The van der Waals surface area contributed by atoms with Crippen molar-refractivity contribution in [3.05, 3.63) is 35.5 Å². The molecular weight excluding hydrogens is 218 g/mol. The van der Waals surface area contributed by atoms with Crippen molar-refractivity contribution in [3.63, 3.8) is 0 Å². The van der Waals surface area contributed by atoms with Gasteiger partial charge in [0.15, 0.2) is 11.7 Å². The molecule has 0 aromatic heterocycles. The van der Waals surface area contributed by atoms with Crippen molar-refractivity contribution in [2.45, 2.75) is 0 Å². The number of rotatable bonds is 2. The van der Waals surface area contributed by atoms with Gasteiger partial charge in [0.1, 0.15) is 12.7 Å². The number of hydrogen-bond donors (Lipinski definition) is 1. The van der Waals surface area contributed by atoms with E-state index in [1.807, 2.05) is 0 Å². The maximum absolute atomic E-state index is 12.7. The summed E-state index contributed by atoms with van der Waals surface area (Å²) in [6.45, 7) is 0. The van der Waals surface area contributed by atoms with E-state index in [0.717, 1.165) is 0 Å². The summed E-state index contributed by atoms with van der Waals surface area (Å²) >= 11 is 0. The molecule has 15 heavy (non-hydrogen) atoms. The van der Waals surface area contributed by atoms with Crippen LogP contribution >= 0.6 is 0 Å². The molecule has 3 nitrogen and oxygen atoms in total. The number of amides is 2. The van der Waals surface area contributed by atoms with E-state index < -0.39 is 47.3 Å². The van der Waals surface area contributed by atoms with Crippen LogP contribution in [0.5, 0.6) is 0 Å². The lowest BCUT2D eigenvalue weighted by Gasteiger charge is -1.95. The molecule has 1 aliphatic rings. The summed E-state index contributed by atoms with van der Waals surface area (Å²) in [5.41, 5.74) is -2.32. The smallest absolute Gasteiger partial charge is 0.262 e. The van der Waals surface area contributed by atoms with Crippen LogP contribution in [0.4, 0.5) is 17.6 Å². The molecule has 0 aliphatic carbocycles. The van der Waals surface area contributed by atoms with Crippen LogP contribution in [0.2, 0.25) is 0 Å². The fourth-order valence-electron chi connectivity index (χ4n) is 1.02. The molecule has 0 unspecified atom stereocenters. The van der Waals surface area contributed by atoms with E-state index in [1.165, 1.54) is 5.32 Å². The Balaban J connectivity index is 3.41. The molecule has 1 N–H and O–H groups in total. The highest BCUT2D eigenvalue weighted by molar-refractivity contribution is 6.22.